The number of aromatic nitrogens is 1. The highest BCUT2D eigenvalue weighted by Crippen LogP contribution is 2.46. The van der Waals surface area contributed by atoms with Gasteiger partial charge in [-0.3, -0.25) is 0 Å². The molecule has 2 aromatic carbocycles. The van der Waals surface area contributed by atoms with Crippen LogP contribution in [0.25, 0.3) is 11.3 Å². The number of aldehydes is 1. The maximum Gasteiger partial charge on any atom is 0.238 e. The number of sulfonamides is 1. The molecule has 0 spiro atoms. The van der Waals surface area contributed by atoms with Gasteiger partial charge in [0.15, 0.2) is 0 Å². The number of hydrogen-bond acceptors (Lipinski definition) is 5. The highest BCUT2D eigenvalue weighted by molar-refractivity contribution is 7.89. The van der Waals surface area contributed by atoms with E-state index < -0.39 is 27.7 Å². The number of nitrogens with zero attached hydrogens (tertiary/aromatic N) is 1. The fourth-order valence-electron chi connectivity index (χ4n) is 3.31. The van der Waals surface area contributed by atoms with Gasteiger partial charge in [-0.15, -0.1) is 0 Å². The van der Waals surface area contributed by atoms with Crippen molar-refractivity contribution >= 4 is 27.6 Å². The quantitative estimate of drug-likeness (QED) is 0.508. The number of ether oxygens (including phenoxy) is 1. The molecule has 0 amide bonds. The summed E-state index contributed by atoms with van der Waals surface area (Å²) in [5.41, 5.74) is 1.51. The van der Waals surface area contributed by atoms with Crippen molar-refractivity contribution in [3.05, 3.63) is 89.2 Å². The summed E-state index contributed by atoms with van der Waals surface area (Å²) in [6.07, 6.45) is 1.88. The van der Waals surface area contributed by atoms with Crippen LogP contribution in [0.1, 0.15) is 22.6 Å². The number of halogens is 2. The summed E-state index contributed by atoms with van der Waals surface area (Å²) in [6, 6.07) is 11.9. The van der Waals surface area contributed by atoms with Gasteiger partial charge >= 0.3 is 0 Å². The third-order valence-electron chi connectivity index (χ3n) is 4.69. The molecular weight excluding hydrogens is 414 g/mol. The van der Waals surface area contributed by atoms with Crippen LogP contribution in [0.3, 0.4) is 0 Å². The Labute approximate surface area is 170 Å². The Hall–Kier alpha value is -3.43. The van der Waals surface area contributed by atoms with Gasteiger partial charge in [0.25, 0.3) is 0 Å². The zero-order valence-electron chi connectivity index (χ0n) is 15.2. The first kappa shape index (κ1) is 19.9. The Morgan fingerprint density at radius 1 is 1.00 bits per heavy atom. The molecule has 152 valence electrons. The molecule has 0 bridgehead atoms. The second-order valence-corrected chi connectivity index (χ2v) is 8.14. The van der Waals surface area contributed by atoms with Crippen molar-refractivity contribution in [3.8, 4) is 5.75 Å². The molecule has 1 aliphatic heterocycles. The third kappa shape index (κ3) is 3.60. The van der Waals surface area contributed by atoms with Crippen LogP contribution in [-0.2, 0) is 14.8 Å². The van der Waals surface area contributed by atoms with Crippen LogP contribution in [0.2, 0.25) is 0 Å². The number of fused-ring (bicyclic) bond motifs is 1. The number of carbonyl (C=O) groups excluding carboxylic acids is 1. The minimum atomic E-state index is -3.90. The summed E-state index contributed by atoms with van der Waals surface area (Å²) in [5.74, 6) is -1.64. The first-order valence-corrected chi connectivity index (χ1v) is 10.2. The van der Waals surface area contributed by atoms with Crippen molar-refractivity contribution in [2.75, 3.05) is 0 Å². The molecule has 1 unspecified atom stereocenters. The van der Waals surface area contributed by atoms with Crippen LogP contribution in [0, 0.1) is 11.8 Å². The van der Waals surface area contributed by atoms with Crippen LogP contribution >= 0.6 is 0 Å². The monoisotopic (exact) mass is 428 g/mol. The SMILES string of the molecule is NS(=O)(=O)c1ccc(C2=C(c3ccc(F)nc3)C(C=O)c3cc(F)ccc3O2)cc1. The summed E-state index contributed by atoms with van der Waals surface area (Å²) in [7, 11) is -3.90. The predicted octanol–water partition coefficient (Wildman–Crippen LogP) is 3.25. The Morgan fingerprint density at radius 2 is 1.70 bits per heavy atom. The smallest absolute Gasteiger partial charge is 0.238 e. The van der Waals surface area contributed by atoms with Crippen LogP contribution in [0.4, 0.5) is 8.78 Å². The highest BCUT2D eigenvalue weighted by Gasteiger charge is 2.32. The lowest BCUT2D eigenvalue weighted by molar-refractivity contribution is -0.108. The molecule has 1 atom stereocenters. The van der Waals surface area contributed by atoms with Gasteiger partial charge in [0.2, 0.25) is 16.0 Å². The summed E-state index contributed by atoms with van der Waals surface area (Å²) in [6.45, 7) is 0. The molecule has 9 heteroatoms. The topological polar surface area (TPSA) is 99.4 Å². The zero-order valence-corrected chi connectivity index (χ0v) is 16.1. The minimum absolute atomic E-state index is 0.0953. The van der Waals surface area contributed by atoms with Crippen LogP contribution < -0.4 is 9.88 Å². The largest absolute Gasteiger partial charge is 0.456 e. The van der Waals surface area contributed by atoms with E-state index in [2.05, 4.69) is 4.98 Å². The van der Waals surface area contributed by atoms with Crippen molar-refractivity contribution in [1.82, 2.24) is 4.98 Å². The number of pyridine rings is 1. The summed E-state index contributed by atoms with van der Waals surface area (Å²) < 4.78 is 56.3. The minimum Gasteiger partial charge on any atom is -0.456 e. The molecular formula is C21H14F2N2O4S. The Kier molecular flexibility index (Phi) is 4.92. The molecule has 3 aromatic rings. The molecule has 2 N–H and O–H groups in total. The maximum atomic E-state index is 13.8. The molecule has 1 aliphatic rings. The van der Waals surface area contributed by atoms with E-state index in [1.807, 2.05) is 0 Å². The number of hydrogen-bond donors (Lipinski definition) is 1. The molecule has 1 aromatic heterocycles. The number of rotatable bonds is 4. The molecule has 30 heavy (non-hydrogen) atoms. The zero-order chi connectivity index (χ0) is 21.5. The Bertz CT molecular complexity index is 1270. The lowest BCUT2D eigenvalue weighted by Crippen LogP contribution is -2.16. The average Bonchev–Trinajstić information content (AvgIpc) is 2.72. The van der Waals surface area contributed by atoms with E-state index in [0.29, 0.717) is 28.5 Å². The van der Waals surface area contributed by atoms with Gasteiger partial charge in [-0.2, -0.15) is 4.39 Å². The van der Waals surface area contributed by atoms with E-state index >= 15 is 0 Å². The second-order valence-electron chi connectivity index (χ2n) is 6.58. The Balaban J connectivity index is 1.95. The lowest BCUT2D eigenvalue weighted by atomic mass is 9.84. The molecule has 4 rings (SSSR count). The van der Waals surface area contributed by atoms with E-state index in [4.69, 9.17) is 9.88 Å². The normalized spacial score (nSPS) is 16.0. The number of allylic oxidation sites excluding steroid dienone is 1. The fraction of sp³-hybridized carbons (Fsp3) is 0.0476. The molecule has 2 heterocycles. The fourth-order valence-corrected chi connectivity index (χ4v) is 3.83. The lowest BCUT2D eigenvalue weighted by Gasteiger charge is -2.28. The van der Waals surface area contributed by atoms with Gasteiger partial charge < -0.3 is 9.53 Å². The van der Waals surface area contributed by atoms with E-state index in [1.54, 1.807) is 0 Å². The van der Waals surface area contributed by atoms with Crippen molar-refractivity contribution in [2.45, 2.75) is 10.8 Å². The van der Waals surface area contributed by atoms with Gasteiger partial charge in [-0.05, 0) is 54.6 Å². The average molecular weight is 428 g/mol. The van der Waals surface area contributed by atoms with Gasteiger partial charge in [0, 0.05) is 28.5 Å². The van der Waals surface area contributed by atoms with Crippen LogP contribution in [-0.4, -0.2) is 19.7 Å². The standard InChI is InChI=1S/C21H14F2N2O4S/c22-14-4-7-18-16(9-14)17(11-26)20(13-3-8-19(23)25-10-13)21(29-18)12-1-5-15(6-2-12)30(24,27)28/h1-11,17H,(H2,24,27,28). The third-order valence-corrected chi connectivity index (χ3v) is 5.62. The maximum absolute atomic E-state index is 13.8. The van der Waals surface area contributed by atoms with Crippen molar-refractivity contribution in [2.24, 2.45) is 5.14 Å². The molecule has 0 saturated carbocycles. The number of nitrogens with two attached hydrogens (primary N) is 1. The van der Waals surface area contributed by atoms with Gasteiger partial charge in [0.1, 0.15) is 23.6 Å². The number of benzene rings is 2. The Morgan fingerprint density at radius 3 is 2.30 bits per heavy atom. The summed E-state index contributed by atoms with van der Waals surface area (Å²) >= 11 is 0. The molecule has 0 radical (unpaired) electrons. The number of primary sulfonamides is 1. The van der Waals surface area contributed by atoms with Gasteiger partial charge in [-0.1, -0.05) is 0 Å². The molecule has 0 fully saturated rings. The van der Waals surface area contributed by atoms with E-state index in [9.17, 15) is 22.0 Å². The predicted molar refractivity (Wildman–Crippen MR) is 105 cm³/mol. The van der Waals surface area contributed by atoms with E-state index in [-0.39, 0.29) is 16.4 Å². The summed E-state index contributed by atoms with van der Waals surface area (Å²) in [4.78, 5) is 15.6. The molecule has 0 saturated heterocycles. The first-order chi connectivity index (χ1) is 14.3. The van der Waals surface area contributed by atoms with Crippen LogP contribution in [0.5, 0.6) is 5.75 Å². The van der Waals surface area contributed by atoms with Crippen molar-refractivity contribution in [3.63, 3.8) is 0 Å². The van der Waals surface area contributed by atoms with Gasteiger partial charge in [-0.25, -0.2) is 22.9 Å². The van der Waals surface area contributed by atoms with E-state index in [1.165, 1.54) is 54.7 Å². The first-order valence-electron chi connectivity index (χ1n) is 8.70. The molecule has 0 aliphatic carbocycles. The van der Waals surface area contributed by atoms with Crippen LogP contribution in [0.15, 0.2) is 65.7 Å². The number of carbonyl (C=O) groups is 1. The summed E-state index contributed by atoms with van der Waals surface area (Å²) in [5, 5.41) is 5.14. The second kappa shape index (κ2) is 7.43. The van der Waals surface area contributed by atoms with E-state index in [0.717, 1.165) is 6.07 Å². The van der Waals surface area contributed by atoms with Gasteiger partial charge in [0.05, 0.1) is 10.8 Å². The highest BCUT2D eigenvalue weighted by atomic mass is 32.2. The molecule has 6 nitrogen and oxygen atoms in total. The van der Waals surface area contributed by atoms with Crippen molar-refractivity contribution < 1.29 is 26.7 Å². The van der Waals surface area contributed by atoms with Crippen molar-refractivity contribution in [1.29, 1.82) is 0 Å².